The Bertz CT molecular complexity index is 312. The number of pyridine rings is 1. The fraction of sp³-hybridized carbons (Fsp3) is 0.500. The van der Waals surface area contributed by atoms with Gasteiger partial charge in [-0.25, -0.2) is 0 Å². The van der Waals surface area contributed by atoms with Gasteiger partial charge < -0.3 is 5.32 Å². The second kappa shape index (κ2) is 4.26. The zero-order valence-electron chi connectivity index (χ0n) is 8.20. The molecule has 0 spiro atoms. The highest BCUT2D eigenvalue weighted by atomic mass is 35.5. The largest absolute Gasteiger partial charge is 0.314 e. The minimum atomic E-state index is 0.652. The molecule has 1 aromatic heterocycles. The molecule has 76 valence electrons. The first kappa shape index (κ1) is 9.90. The molecule has 0 amide bonds. The lowest BCUT2D eigenvalue weighted by Crippen LogP contribution is -2.55. The molecule has 0 aromatic carbocycles. The summed E-state index contributed by atoms with van der Waals surface area (Å²) in [6, 6.07) is 2.63. The van der Waals surface area contributed by atoms with E-state index < -0.39 is 0 Å². The van der Waals surface area contributed by atoms with Crippen molar-refractivity contribution < 1.29 is 0 Å². The van der Waals surface area contributed by atoms with Crippen LogP contribution in [0.5, 0.6) is 0 Å². The topological polar surface area (TPSA) is 28.2 Å². The number of likely N-dealkylation sites (N-methyl/N-ethyl adjacent to an activating group) is 1. The summed E-state index contributed by atoms with van der Waals surface area (Å²) in [4.78, 5) is 6.29. The number of nitrogens with one attached hydrogen (secondary N) is 1. The Kier molecular flexibility index (Phi) is 3.01. The standard InChI is InChI=1S/C10H14ClN3/c1-14(9-4-13-5-9)7-8-2-3-12-6-10(8)11/h2-3,6,9,13H,4-5,7H2,1H3. The number of halogens is 1. The van der Waals surface area contributed by atoms with E-state index in [0.29, 0.717) is 6.04 Å². The summed E-state index contributed by atoms with van der Waals surface area (Å²) in [6.07, 6.45) is 3.48. The third kappa shape index (κ3) is 2.05. The molecule has 3 nitrogen and oxygen atoms in total. The molecule has 1 aromatic rings. The van der Waals surface area contributed by atoms with Crippen molar-refractivity contribution in [1.29, 1.82) is 0 Å². The number of nitrogens with zero attached hydrogens (tertiary/aromatic N) is 2. The average molecular weight is 212 g/mol. The summed E-state index contributed by atoms with van der Waals surface area (Å²) in [5.74, 6) is 0. The fourth-order valence-electron chi connectivity index (χ4n) is 1.52. The molecule has 1 N–H and O–H groups in total. The van der Waals surface area contributed by atoms with E-state index in [4.69, 9.17) is 11.6 Å². The van der Waals surface area contributed by atoms with Gasteiger partial charge in [0.15, 0.2) is 0 Å². The first-order valence-electron chi connectivity index (χ1n) is 4.76. The van der Waals surface area contributed by atoms with Crippen LogP contribution >= 0.6 is 11.6 Å². The Morgan fingerprint density at radius 1 is 1.64 bits per heavy atom. The Morgan fingerprint density at radius 2 is 2.43 bits per heavy atom. The molecule has 2 heterocycles. The monoisotopic (exact) mass is 211 g/mol. The van der Waals surface area contributed by atoms with E-state index >= 15 is 0 Å². The quantitative estimate of drug-likeness (QED) is 0.813. The van der Waals surface area contributed by atoms with Gasteiger partial charge in [-0.05, 0) is 18.7 Å². The third-order valence-corrected chi connectivity index (χ3v) is 3.00. The minimum absolute atomic E-state index is 0.652. The van der Waals surface area contributed by atoms with Crippen LogP contribution in [-0.2, 0) is 6.54 Å². The van der Waals surface area contributed by atoms with Crippen LogP contribution in [-0.4, -0.2) is 36.1 Å². The molecule has 0 atom stereocenters. The van der Waals surface area contributed by atoms with Crippen molar-refractivity contribution in [3.05, 3.63) is 29.0 Å². The van der Waals surface area contributed by atoms with E-state index in [1.165, 1.54) is 0 Å². The molecular weight excluding hydrogens is 198 g/mol. The maximum atomic E-state index is 6.03. The van der Waals surface area contributed by atoms with Gasteiger partial charge in [-0.3, -0.25) is 9.88 Å². The number of hydrogen-bond acceptors (Lipinski definition) is 3. The molecule has 1 aliphatic heterocycles. The van der Waals surface area contributed by atoms with Crippen LogP contribution in [0.4, 0.5) is 0 Å². The van der Waals surface area contributed by atoms with Crippen molar-refractivity contribution in [2.24, 2.45) is 0 Å². The van der Waals surface area contributed by atoms with Gasteiger partial charge in [-0.15, -0.1) is 0 Å². The average Bonchev–Trinajstić information content (AvgIpc) is 2.05. The SMILES string of the molecule is CN(Cc1ccncc1Cl)C1CNC1. The van der Waals surface area contributed by atoms with E-state index in [9.17, 15) is 0 Å². The normalized spacial score (nSPS) is 17.1. The van der Waals surface area contributed by atoms with Crippen LogP contribution in [0.15, 0.2) is 18.5 Å². The Balaban J connectivity index is 1.99. The molecular formula is C10H14ClN3. The van der Waals surface area contributed by atoms with Crippen molar-refractivity contribution in [3.8, 4) is 0 Å². The molecule has 4 heteroatoms. The Labute approximate surface area is 89.1 Å². The van der Waals surface area contributed by atoms with Gasteiger partial charge in [-0.2, -0.15) is 0 Å². The number of rotatable bonds is 3. The highest BCUT2D eigenvalue weighted by molar-refractivity contribution is 6.31. The summed E-state index contributed by atoms with van der Waals surface area (Å²) in [6.45, 7) is 3.06. The first-order valence-corrected chi connectivity index (χ1v) is 5.14. The second-order valence-electron chi connectivity index (χ2n) is 3.69. The van der Waals surface area contributed by atoms with E-state index in [1.54, 1.807) is 12.4 Å². The van der Waals surface area contributed by atoms with Crippen LogP contribution in [0.25, 0.3) is 0 Å². The molecule has 0 radical (unpaired) electrons. The van der Waals surface area contributed by atoms with Crippen LogP contribution in [0.1, 0.15) is 5.56 Å². The van der Waals surface area contributed by atoms with Crippen molar-refractivity contribution in [2.45, 2.75) is 12.6 Å². The molecule has 0 bridgehead atoms. The minimum Gasteiger partial charge on any atom is -0.314 e. The van der Waals surface area contributed by atoms with Gasteiger partial charge in [-0.1, -0.05) is 11.6 Å². The number of aromatic nitrogens is 1. The molecule has 0 aliphatic carbocycles. The predicted octanol–water partition coefficient (Wildman–Crippen LogP) is 1.14. The fourth-order valence-corrected chi connectivity index (χ4v) is 1.69. The molecule has 14 heavy (non-hydrogen) atoms. The van der Waals surface area contributed by atoms with Gasteiger partial charge in [0.2, 0.25) is 0 Å². The van der Waals surface area contributed by atoms with Crippen molar-refractivity contribution in [1.82, 2.24) is 15.2 Å². The van der Waals surface area contributed by atoms with E-state index in [1.807, 2.05) is 6.07 Å². The van der Waals surface area contributed by atoms with Gasteiger partial charge in [0.1, 0.15) is 0 Å². The molecule has 0 unspecified atom stereocenters. The summed E-state index contributed by atoms with van der Waals surface area (Å²) in [7, 11) is 2.13. The predicted molar refractivity (Wildman–Crippen MR) is 57.4 cm³/mol. The molecule has 0 saturated carbocycles. The van der Waals surface area contributed by atoms with Gasteiger partial charge >= 0.3 is 0 Å². The van der Waals surface area contributed by atoms with Crippen molar-refractivity contribution in [2.75, 3.05) is 20.1 Å². The van der Waals surface area contributed by atoms with Crippen molar-refractivity contribution in [3.63, 3.8) is 0 Å². The van der Waals surface area contributed by atoms with E-state index in [-0.39, 0.29) is 0 Å². The summed E-state index contributed by atoms with van der Waals surface area (Å²) in [5.41, 5.74) is 1.15. The van der Waals surface area contributed by atoms with Crippen LogP contribution in [0.3, 0.4) is 0 Å². The zero-order chi connectivity index (χ0) is 9.97. The second-order valence-corrected chi connectivity index (χ2v) is 4.10. The lowest BCUT2D eigenvalue weighted by atomic mass is 10.1. The maximum Gasteiger partial charge on any atom is 0.0634 e. The molecule has 1 saturated heterocycles. The molecule has 1 aliphatic rings. The van der Waals surface area contributed by atoms with Crippen molar-refractivity contribution >= 4 is 11.6 Å². The lowest BCUT2D eigenvalue weighted by Gasteiger charge is -2.35. The highest BCUT2D eigenvalue weighted by Gasteiger charge is 2.21. The summed E-state index contributed by atoms with van der Waals surface area (Å²) >= 11 is 6.03. The first-order chi connectivity index (χ1) is 6.77. The van der Waals surface area contributed by atoms with Crippen LogP contribution in [0.2, 0.25) is 5.02 Å². The third-order valence-electron chi connectivity index (χ3n) is 2.66. The smallest absolute Gasteiger partial charge is 0.0634 e. The summed E-state index contributed by atoms with van der Waals surface area (Å²) < 4.78 is 0. The Hall–Kier alpha value is -0.640. The Morgan fingerprint density at radius 3 is 3.00 bits per heavy atom. The highest BCUT2D eigenvalue weighted by Crippen LogP contribution is 2.16. The van der Waals surface area contributed by atoms with E-state index in [2.05, 4.69) is 22.2 Å². The van der Waals surface area contributed by atoms with E-state index in [0.717, 1.165) is 30.2 Å². The van der Waals surface area contributed by atoms with Crippen LogP contribution in [0, 0.1) is 0 Å². The maximum absolute atomic E-state index is 6.03. The van der Waals surface area contributed by atoms with Crippen LogP contribution < -0.4 is 5.32 Å². The van der Waals surface area contributed by atoms with Gasteiger partial charge in [0.25, 0.3) is 0 Å². The lowest BCUT2D eigenvalue weighted by molar-refractivity contribution is 0.173. The number of hydrogen-bond donors (Lipinski definition) is 1. The van der Waals surface area contributed by atoms with Gasteiger partial charge in [0.05, 0.1) is 5.02 Å². The summed E-state index contributed by atoms with van der Waals surface area (Å²) in [5, 5.41) is 4.01. The molecule has 1 fully saturated rings. The zero-order valence-corrected chi connectivity index (χ0v) is 8.96. The molecule has 2 rings (SSSR count). The van der Waals surface area contributed by atoms with Gasteiger partial charge in [0, 0.05) is 38.1 Å².